The average Bonchev–Trinajstić information content (AvgIpc) is 2.44. The fraction of sp³-hybridized carbons (Fsp3) is 0.188. The molecule has 0 aliphatic rings. The molecule has 0 saturated heterocycles. The normalized spacial score (nSPS) is 10.3. The van der Waals surface area contributed by atoms with E-state index in [4.69, 9.17) is 5.73 Å². The van der Waals surface area contributed by atoms with Crippen LogP contribution in [0.25, 0.3) is 0 Å². The molecule has 0 atom stereocenters. The second-order valence-electron chi connectivity index (χ2n) is 4.68. The van der Waals surface area contributed by atoms with Crippen LogP contribution in [0.5, 0.6) is 0 Å². The number of rotatable bonds is 4. The summed E-state index contributed by atoms with van der Waals surface area (Å²) in [5.74, 6) is -0.657. The van der Waals surface area contributed by atoms with Crippen LogP contribution < -0.4 is 11.1 Å². The molecule has 3 N–H and O–H groups in total. The highest BCUT2D eigenvalue weighted by Gasteiger charge is 2.09. The molecule has 0 aliphatic heterocycles. The standard InChI is InChI=1S/C16H17FN2O/c1-11-3-2-4-14(17)16(11)19-15(20)9-12-5-7-13(10-18)8-6-12/h2-8H,9-10,18H2,1H3,(H,19,20). The van der Waals surface area contributed by atoms with Crippen molar-refractivity contribution in [1.82, 2.24) is 0 Å². The van der Waals surface area contributed by atoms with Crippen molar-refractivity contribution < 1.29 is 9.18 Å². The van der Waals surface area contributed by atoms with Crippen molar-refractivity contribution in [2.75, 3.05) is 5.32 Å². The van der Waals surface area contributed by atoms with E-state index < -0.39 is 5.82 Å². The molecule has 0 unspecified atom stereocenters. The van der Waals surface area contributed by atoms with Gasteiger partial charge in [0.25, 0.3) is 0 Å². The monoisotopic (exact) mass is 272 g/mol. The molecule has 1 amide bonds. The van der Waals surface area contributed by atoms with Gasteiger partial charge in [0.15, 0.2) is 0 Å². The highest BCUT2D eigenvalue weighted by molar-refractivity contribution is 5.93. The van der Waals surface area contributed by atoms with Crippen LogP contribution in [0, 0.1) is 12.7 Å². The summed E-state index contributed by atoms with van der Waals surface area (Å²) in [6.45, 7) is 2.23. The van der Waals surface area contributed by atoms with E-state index >= 15 is 0 Å². The van der Waals surface area contributed by atoms with E-state index in [0.717, 1.165) is 11.1 Å². The third kappa shape index (κ3) is 3.42. The van der Waals surface area contributed by atoms with Gasteiger partial charge in [0.05, 0.1) is 12.1 Å². The second-order valence-corrected chi connectivity index (χ2v) is 4.68. The van der Waals surface area contributed by atoms with E-state index in [1.807, 2.05) is 24.3 Å². The Bertz CT molecular complexity index is 588. The fourth-order valence-corrected chi connectivity index (χ4v) is 1.95. The number of nitrogens with one attached hydrogen (secondary N) is 1. The molecule has 2 rings (SSSR count). The van der Waals surface area contributed by atoms with E-state index in [9.17, 15) is 9.18 Å². The Hall–Kier alpha value is -2.20. The molecule has 4 heteroatoms. The van der Waals surface area contributed by atoms with E-state index in [1.165, 1.54) is 6.07 Å². The van der Waals surface area contributed by atoms with E-state index in [2.05, 4.69) is 5.32 Å². The van der Waals surface area contributed by atoms with Crippen molar-refractivity contribution in [3.8, 4) is 0 Å². The van der Waals surface area contributed by atoms with Crippen LogP contribution >= 0.6 is 0 Å². The first kappa shape index (κ1) is 14.2. The van der Waals surface area contributed by atoms with Crippen molar-refractivity contribution in [3.63, 3.8) is 0 Å². The Labute approximate surface area is 117 Å². The van der Waals surface area contributed by atoms with Crippen molar-refractivity contribution in [2.24, 2.45) is 5.73 Å². The van der Waals surface area contributed by atoms with Crippen LogP contribution in [-0.4, -0.2) is 5.91 Å². The van der Waals surface area contributed by atoms with Gasteiger partial charge in [-0.25, -0.2) is 4.39 Å². The molecule has 104 valence electrons. The minimum Gasteiger partial charge on any atom is -0.326 e. The molecule has 3 nitrogen and oxygen atoms in total. The Morgan fingerprint density at radius 2 is 1.80 bits per heavy atom. The van der Waals surface area contributed by atoms with Gasteiger partial charge in [0, 0.05) is 6.54 Å². The quantitative estimate of drug-likeness (QED) is 0.899. The van der Waals surface area contributed by atoms with Gasteiger partial charge >= 0.3 is 0 Å². The molecule has 2 aromatic carbocycles. The molecular formula is C16H17FN2O. The van der Waals surface area contributed by atoms with Crippen LogP contribution in [0.15, 0.2) is 42.5 Å². The number of hydrogen-bond donors (Lipinski definition) is 2. The molecule has 2 aromatic rings. The van der Waals surface area contributed by atoms with Crippen LogP contribution in [0.3, 0.4) is 0 Å². The van der Waals surface area contributed by atoms with Crippen molar-refractivity contribution >= 4 is 11.6 Å². The number of hydrogen-bond acceptors (Lipinski definition) is 2. The molecule has 0 radical (unpaired) electrons. The number of nitrogens with two attached hydrogens (primary N) is 1. The van der Waals surface area contributed by atoms with Crippen molar-refractivity contribution in [3.05, 3.63) is 65.0 Å². The maximum atomic E-state index is 13.6. The Morgan fingerprint density at radius 3 is 2.40 bits per heavy atom. The number of carbonyl (C=O) groups excluding carboxylic acids is 1. The predicted octanol–water partition coefficient (Wildman–Crippen LogP) is 2.77. The molecule has 0 bridgehead atoms. The third-order valence-corrected chi connectivity index (χ3v) is 3.11. The second kappa shape index (κ2) is 6.30. The van der Waals surface area contributed by atoms with Gasteiger partial charge in [-0.2, -0.15) is 0 Å². The minimum absolute atomic E-state index is 0.207. The maximum Gasteiger partial charge on any atom is 0.228 e. The van der Waals surface area contributed by atoms with Gasteiger partial charge in [0.1, 0.15) is 5.82 Å². The number of carbonyl (C=O) groups is 1. The summed E-state index contributed by atoms with van der Waals surface area (Å²) in [5.41, 5.74) is 8.35. The van der Waals surface area contributed by atoms with Crippen molar-refractivity contribution in [1.29, 1.82) is 0 Å². The highest BCUT2D eigenvalue weighted by atomic mass is 19.1. The Balaban J connectivity index is 2.05. The maximum absolute atomic E-state index is 13.6. The molecular weight excluding hydrogens is 255 g/mol. The number of amides is 1. The summed E-state index contributed by atoms with van der Waals surface area (Å²) >= 11 is 0. The lowest BCUT2D eigenvalue weighted by atomic mass is 10.1. The summed E-state index contributed by atoms with van der Waals surface area (Å²) in [7, 11) is 0. The van der Waals surface area contributed by atoms with E-state index in [-0.39, 0.29) is 18.0 Å². The minimum atomic E-state index is -0.420. The van der Waals surface area contributed by atoms with E-state index in [1.54, 1.807) is 19.1 Å². The highest BCUT2D eigenvalue weighted by Crippen LogP contribution is 2.19. The van der Waals surface area contributed by atoms with Crippen LogP contribution in [0.1, 0.15) is 16.7 Å². The summed E-state index contributed by atoms with van der Waals surface area (Å²) in [4.78, 5) is 11.9. The lowest BCUT2D eigenvalue weighted by molar-refractivity contribution is -0.115. The van der Waals surface area contributed by atoms with Gasteiger partial charge in [-0.3, -0.25) is 4.79 Å². The summed E-state index contributed by atoms with van der Waals surface area (Å²) in [6, 6.07) is 12.2. The SMILES string of the molecule is Cc1cccc(F)c1NC(=O)Cc1ccc(CN)cc1. The topological polar surface area (TPSA) is 55.1 Å². The summed E-state index contributed by atoms with van der Waals surface area (Å²) < 4.78 is 13.6. The first-order valence-corrected chi connectivity index (χ1v) is 6.43. The number of aryl methyl sites for hydroxylation is 1. The number of para-hydroxylation sites is 1. The van der Waals surface area contributed by atoms with Crippen LogP contribution in [-0.2, 0) is 17.8 Å². The average molecular weight is 272 g/mol. The molecule has 0 fully saturated rings. The summed E-state index contributed by atoms with van der Waals surface area (Å²) in [6.07, 6.45) is 0.207. The number of anilines is 1. The number of halogens is 1. The smallest absolute Gasteiger partial charge is 0.228 e. The molecule has 0 saturated carbocycles. The third-order valence-electron chi connectivity index (χ3n) is 3.11. The largest absolute Gasteiger partial charge is 0.326 e. The lowest BCUT2D eigenvalue weighted by Gasteiger charge is -2.09. The van der Waals surface area contributed by atoms with Crippen molar-refractivity contribution in [2.45, 2.75) is 19.9 Å². The molecule has 0 aliphatic carbocycles. The molecule has 0 spiro atoms. The van der Waals surface area contributed by atoms with Crippen LogP contribution in [0.2, 0.25) is 0 Å². The first-order chi connectivity index (χ1) is 9.60. The zero-order valence-corrected chi connectivity index (χ0v) is 11.3. The fourth-order valence-electron chi connectivity index (χ4n) is 1.95. The number of benzene rings is 2. The van der Waals surface area contributed by atoms with Crippen LogP contribution in [0.4, 0.5) is 10.1 Å². The van der Waals surface area contributed by atoms with Gasteiger partial charge in [-0.15, -0.1) is 0 Å². The summed E-state index contributed by atoms with van der Waals surface area (Å²) in [5, 5.41) is 2.62. The zero-order chi connectivity index (χ0) is 14.5. The predicted molar refractivity (Wildman–Crippen MR) is 77.8 cm³/mol. The Kier molecular flexibility index (Phi) is 4.48. The van der Waals surface area contributed by atoms with E-state index in [0.29, 0.717) is 12.1 Å². The molecule has 0 heterocycles. The molecule has 20 heavy (non-hydrogen) atoms. The lowest BCUT2D eigenvalue weighted by Crippen LogP contribution is -2.16. The molecule has 0 aromatic heterocycles. The first-order valence-electron chi connectivity index (χ1n) is 6.43. The van der Waals surface area contributed by atoms with Gasteiger partial charge in [0.2, 0.25) is 5.91 Å². The van der Waals surface area contributed by atoms with Gasteiger partial charge < -0.3 is 11.1 Å². The van der Waals surface area contributed by atoms with Gasteiger partial charge in [-0.1, -0.05) is 36.4 Å². The zero-order valence-electron chi connectivity index (χ0n) is 11.3. The van der Waals surface area contributed by atoms with Gasteiger partial charge in [-0.05, 0) is 29.7 Å². The Morgan fingerprint density at radius 1 is 1.15 bits per heavy atom.